The molecule has 0 aliphatic carbocycles. The summed E-state index contributed by atoms with van der Waals surface area (Å²) in [6.07, 6.45) is 0. The van der Waals surface area contributed by atoms with Crippen LogP contribution in [0.4, 0.5) is 5.69 Å². The number of anilines is 1. The van der Waals surface area contributed by atoms with Crippen molar-refractivity contribution in [2.75, 3.05) is 12.0 Å². The first-order valence-corrected chi connectivity index (χ1v) is 8.98. The summed E-state index contributed by atoms with van der Waals surface area (Å²) in [4.78, 5) is 12.4. The smallest absolute Gasteiger partial charge is 0.251 e. The topological polar surface area (TPSA) is 53.5 Å². The van der Waals surface area contributed by atoms with Crippen LogP contribution >= 0.6 is 11.6 Å². The van der Waals surface area contributed by atoms with E-state index in [-0.39, 0.29) is 5.91 Å². The Labute approximate surface area is 163 Å². The molecule has 0 saturated carbocycles. The van der Waals surface area contributed by atoms with Crippen molar-refractivity contribution in [1.29, 1.82) is 0 Å². The normalized spacial score (nSPS) is 11.1. The summed E-state index contributed by atoms with van der Waals surface area (Å²) in [7, 11) is 0. The van der Waals surface area contributed by atoms with Gasteiger partial charge < -0.3 is 5.32 Å². The minimum absolute atomic E-state index is 0.175. The van der Waals surface area contributed by atoms with E-state index in [1.807, 2.05) is 61.5 Å². The molecule has 0 aliphatic rings. The summed E-state index contributed by atoms with van der Waals surface area (Å²) in [6, 6.07) is 24.5. The third-order valence-corrected chi connectivity index (χ3v) is 4.25. The Bertz CT molecular complexity index is 920. The molecule has 0 aliphatic heterocycles. The molecule has 3 rings (SSSR count). The van der Waals surface area contributed by atoms with Gasteiger partial charge in [-0.15, -0.1) is 0 Å². The van der Waals surface area contributed by atoms with Crippen LogP contribution in [0.2, 0.25) is 5.02 Å². The first-order chi connectivity index (χ1) is 13.1. The van der Waals surface area contributed by atoms with Crippen LogP contribution in [0.1, 0.15) is 21.5 Å². The van der Waals surface area contributed by atoms with E-state index in [1.165, 1.54) is 5.56 Å². The van der Waals surface area contributed by atoms with E-state index in [1.54, 1.807) is 24.3 Å². The fourth-order valence-electron chi connectivity index (χ4n) is 2.46. The van der Waals surface area contributed by atoms with Crippen LogP contribution < -0.4 is 10.7 Å². The number of aryl methyl sites for hydroxylation is 1. The van der Waals surface area contributed by atoms with Crippen molar-refractivity contribution < 1.29 is 4.79 Å². The Morgan fingerprint density at radius 1 is 0.889 bits per heavy atom. The van der Waals surface area contributed by atoms with Crippen LogP contribution in [0.15, 0.2) is 84.0 Å². The molecule has 27 heavy (non-hydrogen) atoms. The number of carbonyl (C=O) groups is 1. The van der Waals surface area contributed by atoms with Crippen molar-refractivity contribution in [3.63, 3.8) is 0 Å². The van der Waals surface area contributed by atoms with Gasteiger partial charge in [-0.05, 0) is 48.9 Å². The molecule has 2 N–H and O–H groups in total. The van der Waals surface area contributed by atoms with Crippen molar-refractivity contribution in [3.8, 4) is 0 Å². The van der Waals surface area contributed by atoms with Crippen LogP contribution in [0.25, 0.3) is 0 Å². The van der Waals surface area contributed by atoms with Crippen molar-refractivity contribution >= 4 is 28.9 Å². The highest BCUT2D eigenvalue weighted by molar-refractivity contribution is 6.30. The Kier molecular flexibility index (Phi) is 6.23. The molecule has 5 heteroatoms. The van der Waals surface area contributed by atoms with Crippen molar-refractivity contribution in [2.24, 2.45) is 5.10 Å². The van der Waals surface area contributed by atoms with Gasteiger partial charge >= 0.3 is 0 Å². The number of hydrogen-bond acceptors (Lipinski definition) is 3. The summed E-state index contributed by atoms with van der Waals surface area (Å²) in [5, 5.41) is 8.01. The van der Waals surface area contributed by atoms with E-state index in [2.05, 4.69) is 15.8 Å². The number of amides is 1. The molecule has 0 aromatic heterocycles. The van der Waals surface area contributed by atoms with E-state index in [0.717, 1.165) is 17.0 Å². The molecular formula is C22H20ClN3O. The van der Waals surface area contributed by atoms with E-state index in [0.29, 0.717) is 17.1 Å². The lowest BCUT2D eigenvalue weighted by atomic mass is 10.1. The Morgan fingerprint density at radius 3 is 2.22 bits per heavy atom. The quantitative estimate of drug-likeness (QED) is 0.474. The van der Waals surface area contributed by atoms with Crippen LogP contribution in [0, 0.1) is 6.92 Å². The molecule has 0 unspecified atom stereocenters. The monoisotopic (exact) mass is 377 g/mol. The molecule has 136 valence electrons. The highest BCUT2D eigenvalue weighted by Crippen LogP contribution is 2.11. The number of carbonyl (C=O) groups excluding carboxylic acids is 1. The highest BCUT2D eigenvalue weighted by Gasteiger charge is 2.09. The number of hydrazone groups is 1. The van der Waals surface area contributed by atoms with E-state index >= 15 is 0 Å². The molecule has 0 heterocycles. The maximum atomic E-state index is 12.4. The van der Waals surface area contributed by atoms with Crippen LogP contribution in [0.5, 0.6) is 0 Å². The Morgan fingerprint density at radius 2 is 1.56 bits per heavy atom. The largest absolute Gasteiger partial charge is 0.346 e. The Hall–Kier alpha value is -3.11. The standard InChI is InChI=1S/C22H20ClN3O/c1-16-7-13-20(14-8-16)25-26-21(17-5-3-2-4-6-17)15-24-22(27)18-9-11-19(23)12-10-18/h2-14,25H,15H2,1H3,(H,24,27)/b26-21-. The van der Waals surface area contributed by atoms with Crippen molar-refractivity contribution in [1.82, 2.24) is 5.32 Å². The van der Waals surface area contributed by atoms with E-state index in [4.69, 9.17) is 11.6 Å². The van der Waals surface area contributed by atoms with Gasteiger partial charge in [0.25, 0.3) is 5.91 Å². The lowest BCUT2D eigenvalue weighted by Crippen LogP contribution is -2.30. The maximum Gasteiger partial charge on any atom is 0.251 e. The highest BCUT2D eigenvalue weighted by atomic mass is 35.5. The molecule has 3 aromatic carbocycles. The zero-order chi connectivity index (χ0) is 19.1. The average molecular weight is 378 g/mol. The SMILES string of the molecule is Cc1ccc(N/N=C(/CNC(=O)c2ccc(Cl)cc2)c2ccccc2)cc1. The zero-order valence-electron chi connectivity index (χ0n) is 14.9. The molecule has 0 atom stereocenters. The van der Waals surface area contributed by atoms with Gasteiger partial charge in [-0.25, -0.2) is 0 Å². The molecule has 0 fully saturated rings. The predicted molar refractivity (Wildman–Crippen MR) is 112 cm³/mol. The van der Waals surface area contributed by atoms with Gasteiger partial charge in [0.1, 0.15) is 0 Å². The lowest BCUT2D eigenvalue weighted by Gasteiger charge is -2.10. The second kappa shape index (κ2) is 9.01. The number of nitrogens with one attached hydrogen (secondary N) is 2. The lowest BCUT2D eigenvalue weighted by molar-refractivity contribution is 0.0959. The fraction of sp³-hybridized carbons (Fsp3) is 0.0909. The number of halogens is 1. The van der Waals surface area contributed by atoms with Crippen LogP contribution in [-0.4, -0.2) is 18.2 Å². The number of hydrogen-bond donors (Lipinski definition) is 2. The molecule has 1 amide bonds. The summed E-state index contributed by atoms with van der Waals surface area (Å²) in [5.41, 5.74) is 7.36. The van der Waals surface area contributed by atoms with Crippen molar-refractivity contribution in [2.45, 2.75) is 6.92 Å². The number of nitrogens with zero attached hydrogens (tertiary/aromatic N) is 1. The molecule has 0 radical (unpaired) electrons. The molecule has 4 nitrogen and oxygen atoms in total. The minimum atomic E-state index is -0.175. The molecule has 3 aromatic rings. The van der Waals surface area contributed by atoms with E-state index < -0.39 is 0 Å². The molecular weight excluding hydrogens is 358 g/mol. The predicted octanol–water partition coefficient (Wildman–Crippen LogP) is 4.89. The second-order valence-corrected chi connectivity index (χ2v) is 6.53. The summed E-state index contributed by atoms with van der Waals surface area (Å²) in [5.74, 6) is -0.175. The van der Waals surface area contributed by atoms with Gasteiger partial charge in [-0.3, -0.25) is 10.2 Å². The van der Waals surface area contributed by atoms with Gasteiger partial charge in [0.05, 0.1) is 17.9 Å². The maximum absolute atomic E-state index is 12.4. The van der Waals surface area contributed by atoms with Gasteiger partial charge in [0.15, 0.2) is 0 Å². The van der Waals surface area contributed by atoms with Crippen LogP contribution in [-0.2, 0) is 0 Å². The molecule has 0 spiro atoms. The summed E-state index contributed by atoms with van der Waals surface area (Å²) >= 11 is 5.87. The van der Waals surface area contributed by atoms with E-state index in [9.17, 15) is 4.79 Å². The van der Waals surface area contributed by atoms with Crippen LogP contribution in [0.3, 0.4) is 0 Å². The number of rotatable bonds is 6. The summed E-state index contributed by atoms with van der Waals surface area (Å²) in [6.45, 7) is 2.33. The summed E-state index contributed by atoms with van der Waals surface area (Å²) < 4.78 is 0. The first-order valence-electron chi connectivity index (χ1n) is 8.60. The van der Waals surface area contributed by atoms with Gasteiger partial charge in [-0.1, -0.05) is 59.6 Å². The second-order valence-electron chi connectivity index (χ2n) is 6.09. The molecule has 0 saturated heterocycles. The van der Waals surface area contributed by atoms with Crippen molar-refractivity contribution in [3.05, 3.63) is 101 Å². The Balaban J connectivity index is 1.74. The average Bonchev–Trinajstić information content (AvgIpc) is 2.70. The number of benzene rings is 3. The fourth-order valence-corrected chi connectivity index (χ4v) is 2.59. The van der Waals surface area contributed by atoms with Gasteiger partial charge in [0, 0.05) is 10.6 Å². The van der Waals surface area contributed by atoms with Gasteiger partial charge in [-0.2, -0.15) is 5.10 Å². The third kappa shape index (κ3) is 5.43. The first kappa shape index (κ1) is 18.7. The molecule has 0 bridgehead atoms. The zero-order valence-corrected chi connectivity index (χ0v) is 15.7. The third-order valence-electron chi connectivity index (χ3n) is 4.00. The van der Waals surface area contributed by atoms with Gasteiger partial charge in [0.2, 0.25) is 0 Å². The minimum Gasteiger partial charge on any atom is -0.346 e.